The van der Waals surface area contributed by atoms with Gasteiger partial charge in [0.15, 0.2) is 0 Å². The van der Waals surface area contributed by atoms with Crippen molar-refractivity contribution >= 4 is 33.1 Å². The van der Waals surface area contributed by atoms with E-state index in [1.165, 1.54) is 4.90 Å². The van der Waals surface area contributed by atoms with E-state index in [0.717, 1.165) is 28.0 Å². The number of benzene rings is 2. The van der Waals surface area contributed by atoms with Crippen LogP contribution in [-0.4, -0.2) is 22.1 Å². The minimum Gasteiger partial charge on any atom is -0.314 e. The van der Waals surface area contributed by atoms with Gasteiger partial charge < -0.3 is 4.90 Å². The molecule has 0 spiro atoms. The first-order chi connectivity index (χ1) is 14.4. The van der Waals surface area contributed by atoms with Crippen molar-refractivity contribution in [3.63, 3.8) is 0 Å². The van der Waals surface area contributed by atoms with Crippen LogP contribution >= 0.6 is 11.3 Å². The largest absolute Gasteiger partial charge is 0.336 e. The molecule has 0 radical (unpaired) electrons. The second kappa shape index (κ2) is 7.68. The zero-order chi connectivity index (χ0) is 21.4. The standard InChI is InChI=1S/C21H15F2N3O3S/c1-24(14-5-3-2-4-6-14)18(27)12-25-17-9-10-30-19(17)20(28)26(21(25)29)16-8-7-13(22)11-15(16)23/h2-11H,12H2,1H3. The smallest absolute Gasteiger partial charge is 0.314 e. The van der Waals surface area contributed by atoms with Crippen LogP contribution in [0, 0.1) is 11.6 Å². The number of hydrogen-bond acceptors (Lipinski definition) is 4. The zero-order valence-electron chi connectivity index (χ0n) is 15.7. The molecule has 0 N–H and O–H groups in total. The maximum atomic E-state index is 14.3. The number of para-hydroxylation sites is 1. The summed E-state index contributed by atoms with van der Waals surface area (Å²) >= 11 is 1.07. The Bertz CT molecular complexity index is 1380. The average molecular weight is 427 g/mol. The summed E-state index contributed by atoms with van der Waals surface area (Å²) in [7, 11) is 1.57. The molecule has 0 bridgehead atoms. The highest BCUT2D eigenvalue weighted by atomic mass is 32.1. The molecule has 2 heterocycles. The molecule has 0 atom stereocenters. The van der Waals surface area contributed by atoms with Gasteiger partial charge in [0.2, 0.25) is 5.91 Å². The maximum absolute atomic E-state index is 14.3. The van der Waals surface area contributed by atoms with E-state index in [0.29, 0.717) is 16.3 Å². The van der Waals surface area contributed by atoms with E-state index in [2.05, 4.69) is 0 Å². The van der Waals surface area contributed by atoms with Crippen LogP contribution in [0.15, 0.2) is 69.6 Å². The van der Waals surface area contributed by atoms with Gasteiger partial charge in [0.05, 0.1) is 11.2 Å². The number of rotatable bonds is 4. The van der Waals surface area contributed by atoms with E-state index in [1.54, 1.807) is 42.8 Å². The van der Waals surface area contributed by atoms with Crippen molar-refractivity contribution in [3.8, 4) is 5.69 Å². The highest BCUT2D eigenvalue weighted by molar-refractivity contribution is 7.17. The van der Waals surface area contributed by atoms with Crippen LogP contribution in [0.3, 0.4) is 0 Å². The minimum atomic E-state index is -1.05. The van der Waals surface area contributed by atoms with Gasteiger partial charge in [-0.2, -0.15) is 0 Å². The molecule has 6 nitrogen and oxygen atoms in total. The lowest BCUT2D eigenvalue weighted by Gasteiger charge is -2.19. The molecular formula is C21H15F2N3O3S. The predicted molar refractivity (Wildman–Crippen MR) is 111 cm³/mol. The molecule has 1 amide bonds. The summed E-state index contributed by atoms with van der Waals surface area (Å²) in [4.78, 5) is 40.2. The molecule has 30 heavy (non-hydrogen) atoms. The molecule has 2 aromatic heterocycles. The molecule has 0 saturated carbocycles. The molecule has 2 aromatic carbocycles. The monoisotopic (exact) mass is 427 g/mol. The van der Waals surface area contributed by atoms with E-state index in [4.69, 9.17) is 0 Å². The Balaban J connectivity index is 1.86. The highest BCUT2D eigenvalue weighted by Gasteiger charge is 2.21. The Morgan fingerprint density at radius 1 is 1.07 bits per heavy atom. The number of carbonyl (C=O) groups is 1. The summed E-state index contributed by atoms with van der Waals surface area (Å²) in [5.74, 6) is -2.29. The van der Waals surface area contributed by atoms with Crippen LogP contribution in [0.5, 0.6) is 0 Å². The lowest BCUT2D eigenvalue weighted by molar-refractivity contribution is -0.118. The van der Waals surface area contributed by atoms with Gasteiger partial charge in [0.25, 0.3) is 5.56 Å². The molecule has 0 aliphatic carbocycles. The highest BCUT2D eigenvalue weighted by Crippen LogP contribution is 2.19. The molecule has 0 saturated heterocycles. The van der Waals surface area contributed by atoms with Crippen molar-refractivity contribution in [1.29, 1.82) is 0 Å². The Hall–Kier alpha value is -3.59. The quantitative estimate of drug-likeness (QED) is 0.503. The maximum Gasteiger partial charge on any atom is 0.336 e. The number of amides is 1. The van der Waals surface area contributed by atoms with Gasteiger partial charge in [-0.3, -0.25) is 14.2 Å². The summed E-state index contributed by atoms with van der Waals surface area (Å²) in [6.45, 7) is -0.361. The molecule has 4 rings (SSSR count). The van der Waals surface area contributed by atoms with Crippen molar-refractivity contribution in [2.45, 2.75) is 6.54 Å². The van der Waals surface area contributed by atoms with Gasteiger partial charge in [-0.15, -0.1) is 11.3 Å². The summed E-state index contributed by atoms with van der Waals surface area (Å²) in [6.07, 6.45) is 0. The summed E-state index contributed by atoms with van der Waals surface area (Å²) in [6, 6.07) is 13.0. The normalized spacial score (nSPS) is 11.0. The molecule has 0 aliphatic rings. The van der Waals surface area contributed by atoms with Crippen LogP contribution in [-0.2, 0) is 11.3 Å². The number of halogens is 2. The minimum absolute atomic E-state index is 0.188. The Morgan fingerprint density at radius 2 is 1.80 bits per heavy atom. The van der Waals surface area contributed by atoms with Crippen molar-refractivity contribution < 1.29 is 13.6 Å². The topological polar surface area (TPSA) is 64.3 Å². The number of anilines is 1. The number of carbonyl (C=O) groups excluding carboxylic acids is 1. The molecule has 0 fully saturated rings. The van der Waals surface area contributed by atoms with Crippen LogP contribution in [0.25, 0.3) is 15.9 Å². The van der Waals surface area contributed by atoms with Crippen LogP contribution in [0.4, 0.5) is 14.5 Å². The van der Waals surface area contributed by atoms with Crippen molar-refractivity contribution in [2.75, 3.05) is 11.9 Å². The third-order valence-corrected chi connectivity index (χ3v) is 5.61. The Labute approximate surface area is 172 Å². The van der Waals surface area contributed by atoms with Crippen LogP contribution in [0.2, 0.25) is 0 Å². The van der Waals surface area contributed by atoms with E-state index < -0.39 is 28.8 Å². The Kier molecular flexibility index (Phi) is 5.04. The fourth-order valence-corrected chi connectivity index (χ4v) is 3.98. The van der Waals surface area contributed by atoms with Gasteiger partial charge in [0, 0.05) is 18.8 Å². The number of fused-ring (bicyclic) bond motifs is 1. The number of likely N-dealkylation sites (N-methyl/N-ethyl adjacent to an activating group) is 1. The van der Waals surface area contributed by atoms with Crippen LogP contribution in [0.1, 0.15) is 0 Å². The SMILES string of the molecule is CN(C(=O)Cn1c(=O)n(-c2ccc(F)cc2F)c(=O)c2sccc21)c1ccccc1. The van der Waals surface area contributed by atoms with E-state index >= 15 is 0 Å². The second-order valence-electron chi connectivity index (χ2n) is 6.53. The molecule has 152 valence electrons. The first-order valence-corrected chi connectivity index (χ1v) is 9.76. The van der Waals surface area contributed by atoms with Gasteiger partial charge >= 0.3 is 5.69 Å². The van der Waals surface area contributed by atoms with Crippen molar-refractivity contribution in [2.24, 2.45) is 0 Å². The fourth-order valence-electron chi connectivity index (χ4n) is 3.15. The second-order valence-corrected chi connectivity index (χ2v) is 7.44. The van der Waals surface area contributed by atoms with Crippen molar-refractivity contribution in [3.05, 3.63) is 92.4 Å². The molecule has 0 unspecified atom stereocenters. The number of aromatic nitrogens is 2. The van der Waals surface area contributed by atoms with Gasteiger partial charge in [-0.25, -0.2) is 18.1 Å². The van der Waals surface area contributed by atoms with E-state index in [1.807, 2.05) is 6.07 Å². The van der Waals surface area contributed by atoms with Gasteiger partial charge in [-0.1, -0.05) is 18.2 Å². The molecule has 9 heteroatoms. The predicted octanol–water partition coefficient (Wildman–Crippen LogP) is 3.16. The lowest BCUT2D eigenvalue weighted by atomic mass is 10.3. The summed E-state index contributed by atoms with van der Waals surface area (Å²) in [5.41, 5.74) is -1.07. The molecule has 0 aliphatic heterocycles. The fraction of sp³-hybridized carbons (Fsp3) is 0.0952. The molecule has 4 aromatic rings. The van der Waals surface area contributed by atoms with Gasteiger partial charge in [-0.05, 0) is 35.7 Å². The number of nitrogens with zero attached hydrogens (tertiary/aromatic N) is 3. The number of hydrogen-bond donors (Lipinski definition) is 0. The van der Waals surface area contributed by atoms with Crippen LogP contribution < -0.4 is 16.1 Å². The van der Waals surface area contributed by atoms with E-state index in [-0.39, 0.29) is 22.4 Å². The summed E-state index contributed by atoms with van der Waals surface area (Å²) in [5, 5.41) is 1.61. The number of thiophene rings is 1. The first-order valence-electron chi connectivity index (χ1n) is 8.88. The lowest BCUT2D eigenvalue weighted by Crippen LogP contribution is -2.42. The first kappa shape index (κ1) is 19.7. The molecular weight excluding hydrogens is 412 g/mol. The van der Waals surface area contributed by atoms with Crippen molar-refractivity contribution in [1.82, 2.24) is 9.13 Å². The average Bonchev–Trinajstić information content (AvgIpc) is 3.22. The third-order valence-electron chi connectivity index (χ3n) is 4.72. The van der Waals surface area contributed by atoms with E-state index in [9.17, 15) is 23.2 Å². The third kappa shape index (κ3) is 3.33. The Morgan fingerprint density at radius 3 is 2.50 bits per heavy atom. The van der Waals surface area contributed by atoms with Gasteiger partial charge in [0.1, 0.15) is 22.9 Å². The zero-order valence-corrected chi connectivity index (χ0v) is 16.5. The summed E-state index contributed by atoms with van der Waals surface area (Å²) < 4.78 is 29.6.